The van der Waals surface area contributed by atoms with Crippen LogP contribution in [0, 0.1) is 11.3 Å². The summed E-state index contributed by atoms with van der Waals surface area (Å²) >= 11 is 3.45. The number of ether oxygens (including phenoxy) is 1. The number of aliphatic carboxylic acids is 1. The molecule has 0 bridgehead atoms. The minimum Gasteiger partial charge on any atom is -0.481 e. The highest BCUT2D eigenvalue weighted by Crippen LogP contribution is 2.44. The molecule has 25 heavy (non-hydrogen) atoms. The highest BCUT2D eigenvalue weighted by Gasteiger charge is 2.40. The number of nitrogens with zero attached hydrogens (tertiary/aromatic N) is 1. The van der Waals surface area contributed by atoms with Crippen molar-refractivity contribution in [2.45, 2.75) is 20.3 Å². The van der Waals surface area contributed by atoms with Crippen molar-refractivity contribution in [3.8, 4) is 5.88 Å². The van der Waals surface area contributed by atoms with Crippen molar-refractivity contribution < 1.29 is 14.6 Å². The Morgan fingerprint density at radius 3 is 3.00 bits per heavy atom. The summed E-state index contributed by atoms with van der Waals surface area (Å²) in [7, 11) is 0. The minimum atomic E-state index is -0.949. The molecule has 1 unspecified atom stereocenters. The van der Waals surface area contributed by atoms with E-state index in [0.717, 1.165) is 28.5 Å². The lowest BCUT2D eigenvalue weighted by atomic mass is 9.72. The first-order chi connectivity index (χ1) is 11.9. The summed E-state index contributed by atoms with van der Waals surface area (Å²) in [5, 5.41) is 10.5. The number of halogens is 1. The Bertz CT molecular complexity index is 818. The molecule has 1 aromatic heterocycles. The normalized spacial score (nSPS) is 20.8. The highest BCUT2D eigenvalue weighted by molar-refractivity contribution is 9.09. The molecule has 0 radical (unpaired) electrons. The molecule has 1 aliphatic heterocycles. The van der Waals surface area contributed by atoms with Crippen LogP contribution in [-0.2, 0) is 4.79 Å². The molecule has 2 heterocycles. The Labute approximate surface area is 155 Å². The summed E-state index contributed by atoms with van der Waals surface area (Å²) in [4.78, 5) is 16.2. The topological polar surface area (TPSA) is 59.4 Å². The predicted molar refractivity (Wildman–Crippen MR) is 101 cm³/mol. The van der Waals surface area contributed by atoms with Crippen LogP contribution in [0.3, 0.4) is 0 Å². The van der Waals surface area contributed by atoms with Gasteiger partial charge in [-0.25, -0.2) is 4.98 Å². The first-order valence-corrected chi connectivity index (χ1v) is 9.30. The summed E-state index contributed by atoms with van der Waals surface area (Å²) in [6, 6.07) is 3.85. The molecule has 0 saturated carbocycles. The SMILES string of the molecule is CC(C)(C(=O)O)C1C=CC=C2Oc3ncccc3C(=CCCBr)C=C21. The maximum absolute atomic E-state index is 11.8. The molecule has 5 heteroatoms. The number of fused-ring (bicyclic) bond motifs is 2. The third-order valence-corrected chi connectivity index (χ3v) is 5.03. The molecule has 1 atom stereocenters. The van der Waals surface area contributed by atoms with Crippen molar-refractivity contribution in [3.63, 3.8) is 0 Å². The quantitative estimate of drug-likeness (QED) is 0.739. The van der Waals surface area contributed by atoms with Gasteiger partial charge in [0.05, 0.1) is 5.41 Å². The van der Waals surface area contributed by atoms with Gasteiger partial charge in [0.25, 0.3) is 0 Å². The van der Waals surface area contributed by atoms with Gasteiger partial charge < -0.3 is 9.84 Å². The van der Waals surface area contributed by atoms with E-state index in [-0.39, 0.29) is 5.92 Å². The van der Waals surface area contributed by atoms with Gasteiger partial charge in [0, 0.05) is 28.6 Å². The number of pyridine rings is 1. The number of hydrogen-bond acceptors (Lipinski definition) is 3. The maximum Gasteiger partial charge on any atom is 0.310 e. The van der Waals surface area contributed by atoms with Gasteiger partial charge >= 0.3 is 5.97 Å². The molecule has 1 N–H and O–H groups in total. The maximum atomic E-state index is 11.8. The second-order valence-corrected chi connectivity index (χ2v) is 7.41. The molecule has 0 amide bonds. The Hall–Kier alpha value is -2.14. The molecular weight excluding hydrogens is 382 g/mol. The van der Waals surface area contributed by atoms with E-state index in [1.165, 1.54) is 0 Å². The standard InChI is InChI=1S/C20H20BrNO3/c1-20(2,19(23)24)16-8-3-9-17-15(16)12-13(6-4-10-21)14-7-5-11-22-18(14)25-17/h3,5-9,11-12,16H,4,10H2,1-2H3,(H,23,24). The van der Waals surface area contributed by atoms with Crippen LogP contribution in [0.15, 0.2) is 60.0 Å². The van der Waals surface area contributed by atoms with Gasteiger partial charge in [0.2, 0.25) is 5.88 Å². The summed E-state index contributed by atoms with van der Waals surface area (Å²) in [6.45, 7) is 3.48. The number of carboxylic acid groups (broad SMARTS) is 1. The molecular formula is C20H20BrNO3. The molecule has 1 aliphatic carbocycles. The van der Waals surface area contributed by atoms with Crippen molar-refractivity contribution in [2.75, 3.05) is 5.33 Å². The van der Waals surface area contributed by atoms with E-state index in [9.17, 15) is 9.90 Å². The van der Waals surface area contributed by atoms with Crippen molar-refractivity contribution >= 4 is 27.5 Å². The summed E-state index contributed by atoms with van der Waals surface area (Å²) in [5.74, 6) is 0.0777. The van der Waals surface area contributed by atoms with E-state index in [1.807, 2.05) is 36.4 Å². The predicted octanol–water partition coefficient (Wildman–Crippen LogP) is 4.75. The van der Waals surface area contributed by atoms with Crippen LogP contribution in [0.2, 0.25) is 0 Å². The number of rotatable bonds is 4. The van der Waals surface area contributed by atoms with E-state index in [0.29, 0.717) is 11.6 Å². The van der Waals surface area contributed by atoms with Crippen molar-refractivity contribution in [1.82, 2.24) is 4.98 Å². The number of allylic oxidation sites excluding steroid dienone is 7. The van der Waals surface area contributed by atoms with Gasteiger partial charge in [-0.2, -0.15) is 0 Å². The van der Waals surface area contributed by atoms with E-state index >= 15 is 0 Å². The summed E-state index contributed by atoms with van der Waals surface area (Å²) < 4.78 is 6.06. The molecule has 3 rings (SSSR count). The molecule has 0 aromatic carbocycles. The van der Waals surface area contributed by atoms with Crippen LogP contribution in [0.5, 0.6) is 5.88 Å². The fraction of sp³-hybridized carbons (Fsp3) is 0.300. The van der Waals surface area contributed by atoms with E-state index < -0.39 is 11.4 Å². The van der Waals surface area contributed by atoms with E-state index in [2.05, 4.69) is 27.0 Å². The average Bonchev–Trinajstić information content (AvgIpc) is 2.75. The van der Waals surface area contributed by atoms with Gasteiger partial charge in [0.1, 0.15) is 5.76 Å². The van der Waals surface area contributed by atoms with Crippen molar-refractivity contribution in [3.05, 3.63) is 65.6 Å². The average molecular weight is 402 g/mol. The lowest BCUT2D eigenvalue weighted by Crippen LogP contribution is -2.34. The third kappa shape index (κ3) is 3.33. The molecule has 4 nitrogen and oxygen atoms in total. The van der Waals surface area contributed by atoms with Crippen molar-refractivity contribution in [2.24, 2.45) is 11.3 Å². The van der Waals surface area contributed by atoms with Gasteiger partial charge in [0.15, 0.2) is 0 Å². The van der Waals surface area contributed by atoms with Gasteiger partial charge in [-0.05, 0) is 50.1 Å². The zero-order valence-electron chi connectivity index (χ0n) is 14.2. The van der Waals surface area contributed by atoms with Crippen molar-refractivity contribution in [1.29, 1.82) is 0 Å². The van der Waals surface area contributed by atoms with Crippen LogP contribution >= 0.6 is 15.9 Å². The molecule has 130 valence electrons. The molecule has 0 spiro atoms. The number of carboxylic acids is 1. The Morgan fingerprint density at radius 1 is 1.48 bits per heavy atom. The van der Waals surface area contributed by atoms with Gasteiger partial charge in [-0.15, -0.1) is 0 Å². The smallest absolute Gasteiger partial charge is 0.310 e. The van der Waals surface area contributed by atoms with Crippen LogP contribution < -0.4 is 4.74 Å². The first-order valence-electron chi connectivity index (χ1n) is 8.18. The number of hydrogen-bond donors (Lipinski definition) is 1. The second-order valence-electron chi connectivity index (χ2n) is 6.62. The largest absolute Gasteiger partial charge is 0.481 e. The van der Waals surface area contributed by atoms with Crippen LogP contribution in [0.4, 0.5) is 0 Å². The third-order valence-electron chi connectivity index (χ3n) is 4.57. The fourth-order valence-corrected chi connectivity index (χ4v) is 3.27. The molecule has 1 aromatic rings. The van der Waals surface area contributed by atoms with E-state index in [4.69, 9.17) is 4.74 Å². The summed E-state index contributed by atoms with van der Waals surface area (Å²) in [5.41, 5.74) is 1.84. The molecule has 0 saturated heterocycles. The monoisotopic (exact) mass is 401 g/mol. The number of alkyl halides is 1. The lowest BCUT2D eigenvalue weighted by molar-refractivity contribution is -0.148. The second kappa shape index (κ2) is 7.00. The van der Waals surface area contributed by atoms with Crippen LogP contribution in [0.25, 0.3) is 5.57 Å². The Morgan fingerprint density at radius 2 is 2.28 bits per heavy atom. The van der Waals surface area contributed by atoms with Gasteiger partial charge in [-0.3, -0.25) is 4.79 Å². The lowest BCUT2D eigenvalue weighted by Gasteiger charge is -2.32. The Kier molecular flexibility index (Phi) is 4.95. The van der Waals surface area contributed by atoms with Gasteiger partial charge in [-0.1, -0.05) is 34.2 Å². The molecule has 2 aliphatic rings. The Balaban J connectivity index is 2.15. The first kappa shape index (κ1) is 17.7. The number of carbonyl (C=O) groups is 1. The van der Waals surface area contributed by atoms with E-state index in [1.54, 1.807) is 20.0 Å². The number of aromatic nitrogens is 1. The van der Waals surface area contributed by atoms with Crippen LogP contribution in [0.1, 0.15) is 25.8 Å². The minimum absolute atomic E-state index is 0.285. The zero-order chi connectivity index (χ0) is 18.0. The highest BCUT2D eigenvalue weighted by atomic mass is 79.9. The van der Waals surface area contributed by atoms with Crippen LogP contribution in [-0.4, -0.2) is 21.4 Å². The summed E-state index contributed by atoms with van der Waals surface area (Å²) in [6.07, 6.45) is 12.4. The fourth-order valence-electron chi connectivity index (χ4n) is 3.04. The molecule has 0 fully saturated rings. The zero-order valence-corrected chi connectivity index (χ0v) is 15.8.